The molecule has 2 N–H and O–H groups in total. The zero-order valence-electron chi connectivity index (χ0n) is 18.2. The molecule has 0 bridgehead atoms. The summed E-state index contributed by atoms with van der Waals surface area (Å²) in [5, 5.41) is 9.21. The van der Waals surface area contributed by atoms with Gasteiger partial charge >= 0.3 is 0 Å². The van der Waals surface area contributed by atoms with Crippen LogP contribution in [0.15, 0.2) is 22.5 Å². The number of ether oxygens (including phenoxy) is 2. The summed E-state index contributed by atoms with van der Waals surface area (Å²) in [6, 6.07) is 4.71. The second-order valence-corrected chi connectivity index (χ2v) is 8.97. The Labute approximate surface area is 179 Å². The lowest BCUT2D eigenvalue weighted by molar-refractivity contribution is -0.00257. The van der Waals surface area contributed by atoms with Crippen LogP contribution in [0.1, 0.15) is 30.7 Å². The molecule has 8 heteroatoms. The molecule has 0 aromatic carbocycles. The Bertz CT molecular complexity index is 611. The first kappa shape index (κ1) is 22.5. The maximum atomic E-state index is 5.60. The molecular formula is C21H37N5O2S. The lowest BCUT2D eigenvalue weighted by atomic mass is 9.89. The minimum atomic E-state index is 0.0813. The van der Waals surface area contributed by atoms with E-state index < -0.39 is 0 Å². The fourth-order valence-electron chi connectivity index (χ4n) is 4.04. The molecule has 7 nitrogen and oxygen atoms in total. The second-order valence-electron chi connectivity index (χ2n) is 7.99. The topological polar surface area (TPSA) is 61.4 Å². The van der Waals surface area contributed by atoms with E-state index in [2.05, 4.69) is 59.0 Å². The van der Waals surface area contributed by atoms with Crippen molar-refractivity contribution in [1.29, 1.82) is 0 Å². The minimum Gasteiger partial charge on any atom is -0.381 e. The van der Waals surface area contributed by atoms with Gasteiger partial charge in [0, 0.05) is 49.8 Å². The molecule has 2 aliphatic rings. The van der Waals surface area contributed by atoms with Gasteiger partial charge in [-0.25, -0.2) is 0 Å². The molecule has 3 rings (SSSR count). The van der Waals surface area contributed by atoms with Gasteiger partial charge in [-0.05, 0) is 45.3 Å². The van der Waals surface area contributed by atoms with Gasteiger partial charge in [0.25, 0.3) is 0 Å². The highest BCUT2D eigenvalue weighted by atomic mass is 32.1. The predicted molar refractivity (Wildman–Crippen MR) is 120 cm³/mol. The third-order valence-electron chi connectivity index (χ3n) is 6.07. The summed E-state index contributed by atoms with van der Waals surface area (Å²) >= 11 is 1.83. The highest BCUT2D eigenvalue weighted by molar-refractivity contribution is 7.10. The molecule has 1 aromatic rings. The SMILES string of the molecule is CCNC(=NCC1(N(C)C)CCOCC1)NCC(c1cccs1)N1CCOCC1. The minimum absolute atomic E-state index is 0.0813. The van der Waals surface area contributed by atoms with E-state index in [1.807, 2.05) is 11.3 Å². The van der Waals surface area contributed by atoms with E-state index in [9.17, 15) is 0 Å². The van der Waals surface area contributed by atoms with Crippen molar-refractivity contribution in [2.45, 2.75) is 31.3 Å². The van der Waals surface area contributed by atoms with Gasteiger partial charge in [0.05, 0.1) is 25.8 Å². The number of rotatable bonds is 8. The summed E-state index contributed by atoms with van der Waals surface area (Å²) < 4.78 is 11.2. The molecule has 2 aliphatic heterocycles. The Balaban J connectivity index is 1.67. The number of morpholine rings is 1. The summed E-state index contributed by atoms with van der Waals surface area (Å²) in [4.78, 5) is 11.2. The van der Waals surface area contributed by atoms with Crippen molar-refractivity contribution in [2.75, 3.05) is 73.2 Å². The number of guanidine groups is 1. The average molecular weight is 424 g/mol. The van der Waals surface area contributed by atoms with Crippen LogP contribution in [-0.2, 0) is 9.47 Å². The fraction of sp³-hybridized carbons (Fsp3) is 0.762. The van der Waals surface area contributed by atoms with E-state index in [1.54, 1.807) is 0 Å². The second kappa shape index (κ2) is 11.3. The molecule has 3 heterocycles. The van der Waals surface area contributed by atoms with Gasteiger partial charge < -0.3 is 25.0 Å². The molecule has 0 radical (unpaired) electrons. The molecule has 1 aromatic heterocycles. The van der Waals surface area contributed by atoms with Gasteiger partial charge in [-0.2, -0.15) is 0 Å². The highest BCUT2D eigenvalue weighted by Gasteiger charge is 2.34. The number of nitrogens with zero attached hydrogens (tertiary/aromatic N) is 3. The van der Waals surface area contributed by atoms with Gasteiger partial charge in [0.1, 0.15) is 0 Å². The van der Waals surface area contributed by atoms with Crippen molar-refractivity contribution >= 4 is 17.3 Å². The number of aliphatic imine (C=N–C) groups is 1. The molecule has 0 amide bonds. The van der Waals surface area contributed by atoms with Crippen LogP contribution in [0.2, 0.25) is 0 Å². The van der Waals surface area contributed by atoms with Crippen LogP contribution in [0.4, 0.5) is 0 Å². The molecule has 2 fully saturated rings. The molecule has 0 saturated carbocycles. The van der Waals surface area contributed by atoms with Crippen LogP contribution in [0.5, 0.6) is 0 Å². The van der Waals surface area contributed by atoms with Crippen LogP contribution in [0.3, 0.4) is 0 Å². The molecule has 0 aliphatic carbocycles. The summed E-state index contributed by atoms with van der Waals surface area (Å²) in [5.41, 5.74) is 0.0813. The van der Waals surface area contributed by atoms with Gasteiger partial charge in [-0.15, -0.1) is 11.3 Å². The molecule has 0 spiro atoms. The number of hydrogen-bond donors (Lipinski definition) is 2. The van der Waals surface area contributed by atoms with Gasteiger partial charge in [0.15, 0.2) is 5.96 Å². The molecular weight excluding hydrogens is 386 g/mol. The van der Waals surface area contributed by atoms with Crippen LogP contribution in [0.25, 0.3) is 0 Å². The van der Waals surface area contributed by atoms with Crippen molar-refractivity contribution in [1.82, 2.24) is 20.4 Å². The first-order valence-electron chi connectivity index (χ1n) is 10.8. The largest absolute Gasteiger partial charge is 0.381 e. The average Bonchev–Trinajstić information content (AvgIpc) is 3.28. The van der Waals surface area contributed by atoms with Gasteiger partial charge in [0.2, 0.25) is 0 Å². The van der Waals surface area contributed by atoms with Crippen molar-refractivity contribution in [3.63, 3.8) is 0 Å². The number of hydrogen-bond acceptors (Lipinski definition) is 6. The zero-order valence-corrected chi connectivity index (χ0v) is 19.0. The molecule has 1 unspecified atom stereocenters. The Morgan fingerprint density at radius 2 is 1.93 bits per heavy atom. The third-order valence-corrected chi connectivity index (χ3v) is 7.04. The first-order chi connectivity index (χ1) is 14.1. The summed E-state index contributed by atoms with van der Waals surface area (Å²) in [7, 11) is 4.32. The van der Waals surface area contributed by atoms with Crippen LogP contribution in [-0.4, -0.2) is 94.5 Å². The van der Waals surface area contributed by atoms with Crippen LogP contribution < -0.4 is 10.6 Å². The van der Waals surface area contributed by atoms with E-state index in [0.29, 0.717) is 6.04 Å². The molecule has 2 saturated heterocycles. The molecule has 29 heavy (non-hydrogen) atoms. The zero-order chi connectivity index (χ0) is 20.5. The monoisotopic (exact) mass is 423 g/mol. The maximum Gasteiger partial charge on any atom is 0.191 e. The summed E-state index contributed by atoms with van der Waals surface area (Å²) in [6.07, 6.45) is 2.04. The van der Waals surface area contributed by atoms with Crippen LogP contribution in [0, 0.1) is 0 Å². The summed E-state index contributed by atoms with van der Waals surface area (Å²) in [5.74, 6) is 0.898. The number of thiophene rings is 1. The maximum absolute atomic E-state index is 5.60. The Morgan fingerprint density at radius 1 is 1.21 bits per heavy atom. The van der Waals surface area contributed by atoms with Crippen LogP contribution >= 0.6 is 11.3 Å². The van der Waals surface area contributed by atoms with Crippen molar-refractivity contribution in [3.8, 4) is 0 Å². The van der Waals surface area contributed by atoms with Gasteiger partial charge in [-0.1, -0.05) is 6.07 Å². The smallest absolute Gasteiger partial charge is 0.191 e. The van der Waals surface area contributed by atoms with E-state index in [4.69, 9.17) is 14.5 Å². The Kier molecular flexibility index (Phi) is 8.74. The van der Waals surface area contributed by atoms with E-state index in [-0.39, 0.29) is 5.54 Å². The van der Waals surface area contributed by atoms with E-state index in [0.717, 1.165) is 78.0 Å². The lowest BCUT2D eigenvalue weighted by Crippen LogP contribution is -2.52. The van der Waals surface area contributed by atoms with E-state index in [1.165, 1.54) is 4.88 Å². The normalized spacial score (nSPS) is 21.9. The number of likely N-dealkylation sites (N-methyl/N-ethyl adjacent to an activating group) is 1. The van der Waals surface area contributed by atoms with E-state index >= 15 is 0 Å². The molecule has 1 atom stereocenters. The highest BCUT2D eigenvalue weighted by Crippen LogP contribution is 2.27. The van der Waals surface area contributed by atoms with Crippen molar-refractivity contribution in [3.05, 3.63) is 22.4 Å². The summed E-state index contributed by atoms with van der Waals surface area (Å²) in [6.45, 7) is 9.78. The predicted octanol–water partition coefficient (Wildman–Crippen LogP) is 1.79. The Morgan fingerprint density at radius 3 is 2.55 bits per heavy atom. The fourth-order valence-corrected chi connectivity index (χ4v) is 4.90. The van der Waals surface area contributed by atoms with Crippen molar-refractivity contribution < 1.29 is 9.47 Å². The quantitative estimate of drug-likeness (QED) is 0.491. The third kappa shape index (κ3) is 6.15. The molecule has 164 valence electrons. The number of nitrogens with one attached hydrogen (secondary N) is 2. The standard InChI is InChI=1S/C21H37N5O2S/c1-4-22-20(24-17-21(25(2)3)7-11-27-12-8-21)23-16-18(19-6-5-15-29-19)26-9-13-28-14-10-26/h5-6,15,18H,4,7-14,16-17H2,1-3H3,(H2,22,23,24). The Hall–Kier alpha value is -1.19. The van der Waals surface area contributed by atoms with Crippen molar-refractivity contribution in [2.24, 2.45) is 4.99 Å². The van der Waals surface area contributed by atoms with Gasteiger partial charge in [-0.3, -0.25) is 9.89 Å². The lowest BCUT2D eigenvalue weighted by Gasteiger charge is -2.41. The first-order valence-corrected chi connectivity index (χ1v) is 11.6.